The molecule has 2 rings (SSSR count). The lowest BCUT2D eigenvalue weighted by Gasteiger charge is -2.24. The Morgan fingerprint density at radius 1 is 1.29 bits per heavy atom. The predicted octanol–water partition coefficient (Wildman–Crippen LogP) is 3.32. The number of carbonyl (C=O) groups is 1. The van der Waals surface area contributed by atoms with E-state index in [-0.39, 0.29) is 5.91 Å². The molecule has 1 heterocycles. The van der Waals surface area contributed by atoms with Gasteiger partial charge in [0, 0.05) is 11.4 Å². The molecule has 1 aromatic heterocycles. The molecule has 2 aromatic rings. The summed E-state index contributed by atoms with van der Waals surface area (Å²) in [6.07, 6.45) is 0.557. The maximum Gasteiger partial charge on any atom is 0.240 e. The maximum absolute atomic E-state index is 12.5. The number of benzene rings is 1. The van der Waals surface area contributed by atoms with E-state index in [1.54, 1.807) is 4.90 Å². The number of rotatable bonds is 6. The smallest absolute Gasteiger partial charge is 0.240 e. The molecule has 21 heavy (non-hydrogen) atoms. The summed E-state index contributed by atoms with van der Waals surface area (Å²) in [5, 5.41) is 0. The lowest BCUT2D eigenvalue weighted by Crippen LogP contribution is -2.44. The van der Waals surface area contributed by atoms with E-state index in [4.69, 9.17) is 17.3 Å². The topological polar surface area (TPSA) is 46.3 Å². The highest BCUT2D eigenvalue weighted by Gasteiger charge is 2.20. The van der Waals surface area contributed by atoms with Crippen LogP contribution in [-0.4, -0.2) is 23.4 Å². The second kappa shape index (κ2) is 7.59. The Morgan fingerprint density at radius 3 is 2.57 bits per heavy atom. The minimum atomic E-state index is -0.511. The number of nitrogens with zero attached hydrogens (tertiary/aromatic N) is 1. The van der Waals surface area contributed by atoms with Gasteiger partial charge in [0.1, 0.15) is 0 Å². The maximum atomic E-state index is 12.5. The molecule has 0 spiro atoms. The van der Waals surface area contributed by atoms with Crippen molar-refractivity contribution in [2.75, 3.05) is 6.54 Å². The number of hydrogen-bond donors (Lipinski definition) is 1. The fraction of sp³-hybridized carbons (Fsp3) is 0.312. The van der Waals surface area contributed by atoms with E-state index in [9.17, 15) is 4.79 Å². The highest BCUT2D eigenvalue weighted by molar-refractivity contribution is 7.16. The largest absolute Gasteiger partial charge is 0.336 e. The van der Waals surface area contributed by atoms with Gasteiger partial charge >= 0.3 is 0 Å². The van der Waals surface area contributed by atoms with Gasteiger partial charge in [0.05, 0.1) is 16.9 Å². The first-order valence-electron chi connectivity index (χ1n) is 6.92. The van der Waals surface area contributed by atoms with Gasteiger partial charge in [-0.15, -0.1) is 11.3 Å². The summed E-state index contributed by atoms with van der Waals surface area (Å²) in [4.78, 5) is 15.3. The van der Waals surface area contributed by atoms with Gasteiger partial charge in [0.2, 0.25) is 5.91 Å². The van der Waals surface area contributed by atoms with Crippen LogP contribution in [-0.2, 0) is 17.8 Å². The second-order valence-corrected chi connectivity index (χ2v) is 6.65. The number of carbonyl (C=O) groups excluding carboxylic acids is 1. The monoisotopic (exact) mass is 322 g/mol. The molecule has 1 atom stereocenters. The van der Waals surface area contributed by atoms with E-state index < -0.39 is 6.04 Å². The first-order chi connectivity index (χ1) is 10.1. The molecule has 3 nitrogen and oxygen atoms in total. The van der Waals surface area contributed by atoms with Crippen molar-refractivity contribution < 1.29 is 4.79 Å². The molecule has 0 radical (unpaired) electrons. The Labute approximate surface area is 134 Å². The van der Waals surface area contributed by atoms with Crippen molar-refractivity contribution in [3.63, 3.8) is 0 Å². The van der Waals surface area contributed by atoms with Crippen molar-refractivity contribution in [1.29, 1.82) is 0 Å². The van der Waals surface area contributed by atoms with Crippen LogP contribution in [0.1, 0.15) is 17.4 Å². The number of halogens is 1. The molecular weight excluding hydrogens is 304 g/mol. The summed E-state index contributed by atoms with van der Waals surface area (Å²) in [6, 6.07) is 13.1. The quantitative estimate of drug-likeness (QED) is 0.886. The van der Waals surface area contributed by atoms with Gasteiger partial charge in [0.25, 0.3) is 0 Å². The average Bonchev–Trinajstić information content (AvgIpc) is 2.90. The van der Waals surface area contributed by atoms with E-state index in [1.165, 1.54) is 11.3 Å². The normalized spacial score (nSPS) is 12.1. The Bertz CT molecular complexity index is 585. The van der Waals surface area contributed by atoms with Crippen LogP contribution in [0.5, 0.6) is 0 Å². The molecular formula is C16H19ClN2OS. The van der Waals surface area contributed by atoms with E-state index in [0.717, 1.165) is 14.8 Å². The Kier molecular flexibility index (Phi) is 5.79. The van der Waals surface area contributed by atoms with Gasteiger partial charge in [-0.2, -0.15) is 0 Å². The summed E-state index contributed by atoms with van der Waals surface area (Å²) in [5.74, 6) is -0.0223. The van der Waals surface area contributed by atoms with Gasteiger partial charge < -0.3 is 10.6 Å². The number of thiophene rings is 1. The molecule has 1 aromatic carbocycles. The predicted molar refractivity (Wildman–Crippen MR) is 88.5 cm³/mol. The van der Waals surface area contributed by atoms with Crippen molar-refractivity contribution in [1.82, 2.24) is 4.90 Å². The highest BCUT2D eigenvalue weighted by atomic mass is 35.5. The van der Waals surface area contributed by atoms with Crippen LogP contribution in [0.4, 0.5) is 0 Å². The number of likely N-dealkylation sites (N-methyl/N-ethyl adjacent to an activating group) is 1. The zero-order valence-electron chi connectivity index (χ0n) is 12.0. The molecule has 2 N–H and O–H groups in total. The molecule has 0 fully saturated rings. The van der Waals surface area contributed by atoms with Crippen LogP contribution in [0, 0.1) is 0 Å². The molecule has 0 aliphatic carbocycles. The first kappa shape index (κ1) is 16.0. The van der Waals surface area contributed by atoms with Crippen molar-refractivity contribution in [3.05, 3.63) is 57.2 Å². The van der Waals surface area contributed by atoms with Gasteiger partial charge in [-0.05, 0) is 31.0 Å². The van der Waals surface area contributed by atoms with E-state index in [0.29, 0.717) is 19.5 Å². The molecule has 0 saturated carbocycles. The van der Waals surface area contributed by atoms with Gasteiger partial charge in [0.15, 0.2) is 0 Å². The lowest BCUT2D eigenvalue weighted by molar-refractivity contribution is -0.132. The van der Waals surface area contributed by atoms with Gasteiger partial charge in [-0.1, -0.05) is 41.9 Å². The van der Waals surface area contributed by atoms with Crippen LogP contribution in [0.2, 0.25) is 4.34 Å². The molecule has 1 amide bonds. The summed E-state index contributed by atoms with van der Waals surface area (Å²) in [7, 11) is 0. The van der Waals surface area contributed by atoms with E-state index in [1.807, 2.05) is 49.4 Å². The molecule has 0 aliphatic rings. The third-order valence-corrected chi connectivity index (χ3v) is 4.50. The summed E-state index contributed by atoms with van der Waals surface area (Å²) < 4.78 is 0.738. The minimum Gasteiger partial charge on any atom is -0.336 e. The van der Waals surface area contributed by atoms with Crippen molar-refractivity contribution in [2.24, 2.45) is 5.73 Å². The van der Waals surface area contributed by atoms with Crippen molar-refractivity contribution in [3.8, 4) is 0 Å². The van der Waals surface area contributed by atoms with E-state index in [2.05, 4.69) is 0 Å². The average molecular weight is 323 g/mol. The summed E-state index contributed by atoms with van der Waals surface area (Å²) >= 11 is 7.42. The molecule has 0 aliphatic heterocycles. The number of hydrogen-bond acceptors (Lipinski definition) is 3. The van der Waals surface area contributed by atoms with Crippen LogP contribution in [0.25, 0.3) is 0 Å². The van der Waals surface area contributed by atoms with Crippen molar-refractivity contribution >= 4 is 28.8 Å². The number of amides is 1. The molecule has 5 heteroatoms. The van der Waals surface area contributed by atoms with Crippen LogP contribution < -0.4 is 5.73 Å². The highest BCUT2D eigenvalue weighted by Crippen LogP contribution is 2.23. The zero-order chi connectivity index (χ0) is 15.2. The van der Waals surface area contributed by atoms with Gasteiger partial charge in [-0.3, -0.25) is 4.79 Å². The Hall–Kier alpha value is -1.36. The van der Waals surface area contributed by atoms with Crippen molar-refractivity contribution in [2.45, 2.75) is 25.9 Å². The summed E-state index contributed by atoms with van der Waals surface area (Å²) in [5.41, 5.74) is 7.15. The lowest BCUT2D eigenvalue weighted by atomic mass is 10.1. The fourth-order valence-corrected chi connectivity index (χ4v) is 3.26. The van der Waals surface area contributed by atoms with Crippen LogP contribution >= 0.6 is 22.9 Å². The van der Waals surface area contributed by atoms with Crippen LogP contribution in [0.3, 0.4) is 0 Å². The van der Waals surface area contributed by atoms with E-state index >= 15 is 0 Å². The molecule has 0 unspecified atom stereocenters. The molecule has 0 saturated heterocycles. The SMILES string of the molecule is CCN(Cc1ccc(Cl)s1)C(=O)[C@H](N)Cc1ccccc1. The fourth-order valence-electron chi connectivity index (χ4n) is 2.16. The Morgan fingerprint density at radius 2 is 2.00 bits per heavy atom. The molecule has 0 bridgehead atoms. The minimum absolute atomic E-state index is 0.0223. The Balaban J connectivity index is 1.98. The van der Waals surface area contributed by atoms with Crippen LogP contribution in [0.15, 0.2) is 42.5 Å². The second-order valence-electron chi connectivity index (χ2n) is 4.85. The first-order valence-corrected chi connectivity index (χ1v) is 8.12. The third kappa shape index (κ3) is 4.56. The zero-order valence-corrected chi connectivity index (χ0v) is 13.5. The van der Waals surface area contributed by atoms with Gasteiger partial charge in [-0.25, -0.2) is 0 Å². The number of nitrogens with two attached hydrogens (primary N) is 1. The standard InChI is InChI=1S/C16H19ClN2OS/c1-2-19(11-13-8-9-15(17)21-13)16(20)14(18)10-12-6-4-3-5-7-12/h3-9,14H,2,10-11,18H2,1H3/t14-/m1/s1. The summed E-state index contributed by atoms with van der Waals surface area (Å²) in [6.45, 7) is 3.16. The molecule has 112 valence electrons. The third-order valence-electron chi connectivity index (χ3n) is 3.28.